The Morgan fingerprint density at radius 3 is 1.79 bits per heavy atom. The van der Waals surface area contributed by atoms with Gasteiger partial charge in [-0.2, -0.15) is 0 Å². The van der Waals surface area contributed by atoms with Crippen molar-refractivity contribution in [1.29, 1.82) is 0 Å². The molecule has 5 atom stereocenters. The molecule has 1 aliphatic heterocycles. The van der Waals surface area contributed by atoms with Crippen molar-refractivity contribution >= 4 is 11.0 Å². The van der Waals surface area contributed by atoms with E-state index in [9.17, 15) is 25.2 Å². The van der Waals surface area contributed by atoms with Gasteiger partial charge in [0.25, 0.3) is 0 Å². The number of phenolic OH excluding ortho intramolecular Hbond substituents is 3. The number of aliphatic hydroxyl groups is 1. The number of rotatable bonds is 12. The number of aliphatic hydroxyl groups excluding tert-OH is 1. The predicted octanol–water partition coefficient (Wildman–Crippen LogP) is 6.77. The van der Waals surface area contributed by atoms with E-state index in [0.717, 1.165) is 22.8 Å². The predicted molar refractivity (Wildman–Crippen MR) is 193 cm³/mol. The zero-order valence-electron chi connectivity index (χ0n) is 28.1. The average molecular weight is 703 g/mol. The molecule has 7 rings (SSSR count). The lowest BCUT2D eigenvalue weighted by Crippen LogP contribution is -2.57. The van der Waals surface area contributed by atoms with Crippen molar-refractivity contribution in [1.82, 2.24) is 0 Å². The van der Waals surface area contributed by atoms with Gasteiger partial charge in [-0.05, 0) is 41.0 Å². The van der Waals surface area contributed by atoms with Crippen molar-refractivity contribution in [2.75, 3.05) is 6.61 Å². The minimum Gasteiger partial charge on any atom is -0.508 e. The van der Waals surface area contributed by atoms with Crippen LogP contribution in [0.15, 0.2) is 137 Å². The molecule has 0 radical (unpaired) electrons. The number of benzene rings is 5. The largest absolute Gasteiger partial charge is 0.508 e. The average Bonchev–Trinajstić information content (AvgIpc) is 3.16. The zero-order chi connectivity index (χ0) is 36.0. The molecule has 1 aliphatic rings. The highest BCUT2D eigenvalue weighted by Gasteiger charge is 2.49. The van der Waals surface area contributed by atoms with Crippen LogP contribution in [0, 0.1) is 0 Å². The summed E-state index contributed by atoms with van der Waals surface area (Å²) in [5.41, 5.74) is 2.35. The van der Waals surface area contributed by atoms with Gasteiger partial charge < -0.3 is 43.8 Å². The molecule has 52 heavy (non-hydrogen) atoms. The fourth-order valence-corrected chi connectivity index (χ4v) is 6.46. The number of hydrogen-bond donors (Lipinski definition) is 4. The molecule has 6 aromatic rings. The van der Waals surface area contributed by atoms with Gasteiger partial charge in [-0.1, -0.05) is 91.0 Å². The Balaban J connectivity index is 1.31. The van der Waals surface area contributed by atoms with Gasteiger partial charge in [-0.15, -0.1) is 0 Å². The molecular weight excluding hydrogens is 664 g/mol. The molecule has 10 nitrogen and oxygen atoms in total. The van der Waals surface area contributed by atoms with Crippen LogP contribution in [0.5, 0.6) is 17.2 Å². The van der Waals surface area contributed by atoms with Crippen molar-refractivity contribution in [3.8, 4) is 28.6 Å². The highest BCUT2D eigenvalue weighted by molar-refractivity contribution is 5.89. The van der Waals surface area contributed by atoms with Gasteiger partial charge in [-0.25, -0.2) is 0 Å². The quantitative estimate of drug-likeness (QED) is 0.108. The Bertz CT molecular complexity index is 2140. The third-order valence-corrected chi connectivity index (χ3v) is 9.06. The topological polar surface area (TPSA) is 148 Å². The normalized spacial score (nSPS) is 20.2. The molecule has 5 aromatic carbocycles. The van der Waals surface area contributed by atoms with Gasteiger partial charge >= 0.3 is 0 Å². The fraction of sp³-hybridized carbons (Fsp3) is 0.214. The summed E-state index contributed by atoms with van der Waals surface area (Å²) in [7, 11) is 0. The number of hydrogen-bond acceptors (Lipinski definition) is 10. The third kappa shape index (κ3) is 7.71. The first-order chi connectivity index (χ1) is 25.4. The van der Waals surface area contributed by atoms with Crippen molar-refractivity contribution < 1.29 is 43.8 Å². The van der Waals surface area contributed by atoms with Gasteiger partial charge in [-0.3, -0.25) is 4.79 Å². The molecule has 0 saturated carbocycles. The first-order valence-corrected chi connectivity index (χ1v) is 16.9. The van der Waals surface area contributed by atoms with Gasteiger partial charge in [0.05, 0.1) is 32.0 Å². The number of phenols is 3. The maximum absolute atomic E-state index is 13.5. The van der Waals surface area contributed by atoms with Crippen LogP contribution < -0.4 is 5.43 Å². The Hall–Kier alpha value is -5.49. The maximum Gasteiger partial charge on any atom is 0.197 e. The molecule has 2 heterocycles. The van der Waals surface area contributed by atoms with Crippen LogP contribution in [0.25, 0.3) is 22.3 Å². The maximum atomic E-state index is 13.5. The number of fused-ring (bicyclic) bond motifs is 1. The van der Waals surface area contributed by atoms with E-state index in [1.807, 2.05) is 91.0 Å². The summed E-state index contributed by atoms with van der Waals surface area (Å²) in [6.07, 6.45) is -5.52. The molecule has 4 N–H and O–H groups in total. The van der Waals surface area contributed by atoms with Gasteiger partial charge in [0.15, 0.2) is 11.0 Å². The summed E-state index contributed by atoms with van der Waals surface area (Å²) in [4.78, 5) is 13.5. The van der Waals surface area contributed by atoms with E-state index >= 15 is 0 Å². The van der Waals surface area contributed by atoms with Gasteiger partial charge in [0.2, 0.25) is 0 Å². The van der Waals surface area contributed by atoms with Crippen LogP contribution in [0.4, 0.5) is 0 Å². The summed E-state index contributed by atoms with van der Waals surface area (Å²) in [5, 5.41) is 44.1. The van der Waals surface area contributed by atoms with Crippen molar-refractivity contribution in [3.05, 3.63) is 160 Å². The standard InChI is InChI=1S/C42H38O10/c43-30-18-16-29(17-19-30)34-21-33(46)36-31(44)20-32(45)37(40(36)51-34)41-38(47)42(50-24-28-14-8-3-9-15-28)39(49-23-27-12-6-2-7-13-27)35(52-41)25-48-22-26-10-4-1-5-11-26/h1-21,35,38-39,41-45,47H,22-25H2/t35-,38+,39-,41+,42-/m1/s1. The molecular formula is C42H38O10. The summed E-state index contributed by atoms with van der Waals surface area (Å²) in [6, 6.07) is 37.0. The molecule has 0 bridgehead atoms. The van der Waals surface area contributed by atoms with Gasteiger partial charge in [0, 0.05) is 17.7 Å². The molecule has 1 fully saturated rings. The van der Waals surface area contributed by atoms with Crippen LogP contribution in [-0.2, 0) is 38.8 Å². The van der Waals surface area contributed by atoms with E-state index < -0.39 is 47.4 Å². The first-order valence-electron chi connectivity index (χ1n) is 16.9. The van der Waals surface area contributed by atoms with Crippen LogP contribution in [-0.4, -0.2) is 51.4 Å². The lowest BCUT2D eigenvalue weighted by molar-refractivity contribution is -0.263. The van der Waals surface area contributed by atoms with Crippen LogP contribution >= 0.6 is 0 Å². The van der Waals surface area contributed by atoms with Gasteiger partial charge in [0.1, 0.15) is 58.9 Å². The summed E-state index contributed by atoms with van der Waals surface area (Å²) in [5.74, 6) is -0.837. The van der Waals surface area contributed by atoms with Crippen molar-refractivity contribution in [2.24, 2.45) is 0 Å². The SMILES string of the molecule is O=c1cc(-c2ccc(O)cc2)oc2c([C@@H]3O[C@H](COCc4ccccc4)[C@@H](OCc4ccccc4)[C@H](OCc4ccccc4)[C@H]3O)c(O)cc(O)c12. The number of ether oxygens (including phenoxy) is 4. The highest BCUT2D eigenvalue weighted by Crippen LogP contribution is 2.45. The Morgan fingerprint density at radius 1 is 0.635 bits per heavy atom. The molecule has 266 valence electrons. The summed E-state index contributed by atoms with van der Waals surface area (Å²) < 4.78 is 32.0. The fourth-order valence-electron chi connectivity index (χ4n) is 6.46. The lowest BCUT2D eigenvalue weighted by Gasteiger charge is -2.44. The monoisotopic (exact) mass is 702 g/mol. The summed E-state index contributed by atoms with van der Waals surface area (Å²) >= 11 is 0. The first kappa shape index (κ1) is 34.9. The molecule has 10 heteroatoms. The van der Waals surface area contributed by atoms with Crippen LogP contribution in [0.3, 0.4) is 0 Å². The Morgan fingerprint density at radius 2 is 1.19 bits per heavy atom. The minimum atomic E-state index is -1.46. The molecule has 0 aliphatic carbocycles. The van der Waals surface area contributed by atoms with E-state index in [0.29, 0.717) is 5.56 Å². The Kier molecular flexibility index (Phi) is 10.6. The molecule has 1 aromatic heterocycles. The van der Waals surface area contributed by atoms with E-state index in [-0.39, 0.29) is 54.5 Å². The summed E-state index contributed by atoms with van der Waals surface area (Å²) in [6.45, 7) is 0.598. The molecule has 0 spiro atoms. The van der Waals surface area contributed by atoms with Crippen molar-refractivity contribution in [3.63, 3.8) is 0 Å². The second-order valence-electron chi connectivity index (χ2n) is 12.7. The highest BCUT2D eigenvalue weighted by atomic mass is 16.6. The van der Waals surface area contributed by atoms with E-state index in [2.05, 4.69) is 0 Å². The lowest BCUT2D eigenvalue weighted by atomic mass is 9.89. The van der Waals surface area contributed by atoms with E-state index in [1.54, 1.807) is 12.1 Å². The van der Waals surface area contributed by atoms with Crippen LogP contribution in [0.2, 0.25) is 0 Å². The second kappa shape index (κ2) is 15.8. The van der Waals surface area contributed by atoms with Crippen molar-refractivity contribution in [2.45, 2.75) is 50.3 Å². The minimum absolute atomic E-state index is 0.0161. The second-order valence-corrected chi connectivity index (χ2v) is 12.7. The van der Waals surface area contributed by atoms with Crippen LogP contribution in [0.1, 0.15) is 28.4 Å². The smallest absolute Gasteiger partial charge is 0.197 e. The molecule has 1 saturated heterocycles. The Labute approximate surface area is 299 Å². The molecule has 0 amide bonds. The molecule has 0 unspecified atom stereocenters. The zero-order valence-corrected chi connectivity index (χ0v) is 28.1. The van der Waals surface area contributed by atoms with E-state index in [4.69, 9.17) is 23.4 Å². The third-order valence-electron chi connectivity index (χ3n) is 9.06. The number of aromatic hydroxyl groups is 3. The van der Waals surface area contributed by atoms with E-state index in [1.165, 1.54) is 18.2 Å².